The highest BCUT2D eigenvalue weighted by atomic mass is 16.4. The fourth-order valence-electron chi connectivity index (χ4n) is 2.51. The fraction of sp³-hybridized carbons (Fsp3) is 0.600. The summed E-state index contributed by atoms with van der Waals surface area (Å²) >= 11 is 0. The third-order valence-electron chi connectivity index (χ3n) is 3.90. The summed E-state index contributed by atoms with van der Waals surface area (Å²) in [7, 11) is 0. The molecule has 1 aliphatic rings. The Kier molecular flexibility index (Phi) is 4.28. The first-order valence-electron chi connectivity index (χ1n) is 7.06. The standard InChI is InChI=1S/C15H22N2O3/c1-9(2)13-6-12(15(19)20)7-14(16-13)17-5-4-11(8-17)10(3)18/h6-7,9-11,18H,4-5,8H2,1-3H3,(H,19,20). The highest BCUT2D eigenvalue weighted by Crippen LogP contribution is 2.27. The molecule has 0 aliphatic carbocycles. The molecule has 1 aromatic rings. The van der Waals surface area contributed by atoms with Gasteiger partial charge in [-0.1, -0.05) is 13.8 Å². The molecule has 20 heavy (non-hydrogen) atoms. The molecule has 2 unspecified atom stereocenters. The maximum absolute atomic E-state index is 11.2. The van der Waals surface area contributed by atoms with E-state index in [0.29, 0.717) is 5.82 Å². The quantitative estimate of drug-likeness (QED) is 0.882. The summed E-state index contributed by atoms with van der Waals surface area (Å²) in [4.78, 5) is 17.9. The predicted molar refractivity (Wildman–Crippen MR) is 77.3 cm³/mol. The molecule has 0 spiro atoms. The molecule has 2 atom stereocenters. The number of carboxylic acids is 1. The average molecular weight is 278 g/mol. The molecule has 1 aromatic heterocycles. The molecular formula is C15H22N2O3. The van der Waals surface area contributed by atoms with Gasteiger partial charge >= 0.3 is 5.97 Å². The Hall–Kier alpha value is -1.62. The van der Waals surface area contributed by atoms with Crippen molar-refractivity contribution in [3.8, 4) is 0 Å². The van der Waals surface area contributed by atoms with Gasteiger partial charge in [-0.25, -0.2) is 9.78 Å². The van der Waals surface area contributed by atoms with Crippen molar-refractivity contribution >= 4 is 11.8 Å². The SMILES string of the molecule is CC(C)c1cc(C(=O)O)cc(N2CCC(C(C)O)C2)n1. The second-order valence-corrected chi connectivity index (χ2v) is 5.83. The van der Waals surface area contributed by atoms with Crippen molar-refractivity contribution in [2.45, 2.75) is 39.2 Å². The molecule has 1 saturated heterocycles. The van der Waals surface area contributed by atoms with Crippen LogP contribution in [0.15, 0.2) is 12.1 Å². The first-order chi connectivity index (χ1) is 9.38. The molecule has 0 saturated carbocycles. The average Bonchev–Trinajstić information content (AvgIpc) is 2.87. The smallest absolute Gasteiger partial charge is 0.335 e. The molecule has 2 rings (SSSR count). The van der Waals surface area contributed by atoms with E-state index < -0.39 is 5.97 Å². The van der Waals surface area contributed by atoms with Gasteiger partial charge in [0.05, 0.1) is 11.7 Å². The van der Waals surface area contributed by atoms with Gasteiger partial charge in [0.2, 0.25) is 0 Å². The van der Waals surface area contributed by atoms with Gasteiger partial charge in [-0.15, -0.1) is 0 Å². The number of aliphatic hydroxyl groups excluding tert-OH is 1. The second-order valence-electron chi connectivity index (χ2n) is 5.83. The Balaban J connectivity index is 2.29. The third kappa shape index (κ3) is 3.10. The van der Waals surface area contributed by atoms with Crippen LogP contribution in [0.4, 0.5) is 5.82 Å². The van der Waals surface area contributed by atoms with Crippen molar-refractivity contribution in [1.29, 1.82) is 0 Å². The third-order valence-corrected chi connectivity index (χ3v) is 3.90. The van der Waals surface area contributed by atoms with E-state index in [0.717, 1.165) is 25.2 Å². The first kappa shape index (κ1) is 14.8. The number of pyridine rings is 1. The predicted octanol–water partition coefficient (Wildman–Crippen LogP) is 2.11. The van der Waals surface area contributed by atoms with Gasteiger partial charge in [0.15, 0.2) is 0 Å². The lowest BCUT2D eigenvalue weighted by atomic mass is 10.0. The second kappa shape index (κ2) is 5.79. The number of carboxylic acid groups (broad SMARTS) is 1. The summed E-state index contributed by atoms with van der Waals surface area (Å²) in [6, 6.07) is 3.26. The zero-order valence-corrected chi connectivity index (χ0v) is 12.2. The zero-order chi connectivity index (χ0) is 14.9. The molecule has 1 fully saturated rings. The largest absolute Gasteiger partial charge is 0.478 e. The molecular weight excluding hydrogens is 256 g/mol. The monoisotopic (exact) mass is 278 g/mol. The van der Waals surface area contributed by atoms with Crippen LogP contribution in [0.2, 0.25) is 0 Å². The molecule has 2 N–H and O–H groups in total. The Morgan fingerprint density at radius 1 is 1.40 bits per heavy atom. The number of anilines is 1. The van der Waals surface area contributed by atoms with E-state index in [1.54, 1.807) is 19.1 Å². The molecule has 5 nitrogen and oxygen atoms in total. The lowest BCUT2D eigenvalue weighted by molar-refractivity contribution is 0.0696. The van der Waals surface area contributed by atoms with Gasteiger partial charge < -0.3 is 15.1 Å². The van der Waals surface area contributed by atoms with Gasteiger partial charge in [-0.05, 0) is 31.4 Å². The van der Waals surface area contributed by atoms with Gasteiger partial charge in [-0.2, -0.15) is 0 Å². The van der Waals surface area contributed by atoms with E-state index in [2.05, 4.69) is 9.88 Å². The van der Waals surface area contributed by atoms with E-state index >= 15 is 0 Å². The number of aromatic nitrogens is 1. The van der Waals surface area contributed by atoms with Gasteiger partial charge in [0.25, 0.3) is 0 Å². The highest BCUT2D eigenvalue weighted by molar-refractivity contribution is 5.88. The van der Waals surface area contributed by atoms with Crippen molar-refractivity contribution < 1.29 is 15.0 Å². The zero-order valence-electron chi connectivity index (χ0n) is 12.2. The number of aromatic carboxylic acids is 1. The molecule has 1 aliphatic heterocycles. The highest BCUT2D eigenvalue weighted by Gasteiger charge is 2.27. The number of rotatable bonds is 4. The van der Waals surface area contributed by atoms with Crippen LogP contribution >= 0.6 is 0 Å². The molecule has 0 amide bonds. The number of hydrogen-bond acceptors (Lipinski definition) is 4. The molecule has 2 heterocycles. The molecule has 5 heteroatoms. The van der Waals surface area contributed by atoms with Crippen LogP contribution in [-0.2, 0) is 0 Å². The Morgan fingerprint density at radius 2 is 2.10 bits per heavy atom. The van der Waals surface area contributed by atoms with Gasteiger partial charge in [0.1, 0.15) is 5.82 Å². The summed E-state index contributed by atoms with van der Waals surface area (Å²) in [5.41, 5.74) is 1.07. The lowest BCUT2D eigenvalue weighted by Gasteiger charge is -2.20. The molecule has 0 radical (unpaired) electrons. The number of hydrogen-bond donors (Lipinski definition) is 2. The number of nitrogens with zero attached hydrogens (tertiary/aromatic N) is 2. The number of carbonyl (C=O) groups is 1. The Morgan fingerprint density at radius 3 is 2.60 bits per heavy atom. The Bertz CT molecular complexity index is 500. The van der Waals surface area contributed by atoms with Gasteiger partial charge in [0, 0.05) is 24.7 Å². The van der Waals surface area contributed by atoms with E-state index in [1.807, 2.05) is 13.8 Å². The molecule has 0 aromatic carbocycles. The molecule has 110 valence electrons. The summed E-state index contributed by atoms with van der Waals surface area (Å²) in [5, 5.41) is 18.9. The summed E-state index contributed by atoms with van der Waals surface area (Å²) in [6.45, 7) is 7.34. The van der Waals surface area contributed by atoms with Crippen LogP contribution in [-0.4, -0.2) is 40.4 Å². The van der Waals surface area contributed by atoms with E-state index in [-0.39, 0.29) is 23.5 Å². The minimum atomic E-state index is -0.929. The summed E-state index contributed by atoms with van der Waals surface area (Å²) < 4.78 is 0. The fourth-order valence-corrected chi connectivity index (χ4v) is 2.51. The van der Waals surface area contributed by atoms with Crippen molar-refractivity contribution in [1.82, 2.24) is 4.98 Å². The summed E-state index contributed by atoms with van der Waals surface area (Å²) in [5.74, 6) is 0.189. The van der Waals surface area contributed by atoms with E-state index in [4.69, 9.17) is 0 Å². The molecule has 0 bridgehead atoms. The van der Waals surface area contributed by atoms with Crippen molar-refractivity contribution in [2.75, 3.05) is 18.0 Å². The minimum Gasteiger partial charge on any atom is -0.478 e. The summed E-state index contributed by atoms with van der Waals surface area (Å²) in [6.07, 6.45) is 0.570. The number of aliphatic hydroxyl groups is 1. The van der Waals surface area contributed by atoms with E-state index in [9.17, 15) is 15.0 Å². The van der Waals surface area contributed by atoms with Crippen LogP contribution in [0, 0.1) is 5.92 Å². The maximum Gasteiger partial charge on any atom is 0.335 e. The maximum atomic E-state index is 11.2. The van der Waals surface area contributed by atoms with Crippen molar-refractivity contribution in [3.63, 3.8) is 0 Å². The first-order valence-corrected chi connectivity index (χ1v) is 7.06. The van der Waals surface area contributed by atoms with E-state index in [1.165, 1.54) is 0 Å². The topological polar surface area (TPSA) is 73.7 Å². The van der Waals surface area contributed by atoms with Crippen LogP contribution in [0.1, 0.15) is 49.2 Å². The lowest BCUT2D eigenvalue weighted by Crippen LogP contribution is -2.25. The van der Waals surface area contributed by atoms with Crippen LogP contribution < -0.4 is 4.90 Å². The van der Waals surface area contributed by atoms with Crippen LogP contribution in [0.25, 0.3) is 0 Å². The van der Waals surface area contributed by atoms with Crippen molar-refractivity contribution in [3.05, 3.63) is 23.4 Å². The van der Waals surface area contributed by atoms with Crippen LogP contribution in [0.5, 0.6) is 0 Å². The normalized spacial score (nSPS) is 20.4. The minimum absolute atomic E-state index is 0.184. The van der Waals surface area contributed by atoms with Crippen molar-refractivity contribution in [2.24, 2.45) is 5.92 Å². The van der Waals surface area contributed by atoms with Gasteiger partial charge in [-0.3, -0.25) is 0 Å². The van der Waals surface area contributed by atoms with Crippen LogP contribution in [0.3, 0.4) is 0 Å². The Labute approximate surface area is 119 Å².